The predicted octanol–water partition coefficient (Wildman–Crippen LogP) is 2.13. The Kier molecular flexibility index (Phi) is 4.26. The Morgan fingerprint density at radius 2 is 1.92 bits per heavy atom. The minimum Gasteiger partial charge on any atom is -0.212 e. The summed E-state index contributed by atoms with van der Waals surface area (Å²) in [5.41, 5.74) is 0.00368. The van der Waals surface area contributed by atoms with Gasteiger partial charge in [-0.15, -0.1) is 0 Å². The Morgan fingerprint density at radius 3 is 2.58 bits per heavy atom. The fourth-order valence-corrected chi connectivity index (χ4v) is 8.22. The van der Waals surface area contributed by atoms with Crippen LogP contribution in [0, 0.1) is 5.92 Å². The van der Waals surface area contributed by atoms with Crippen molar-refractivity contribution in [3.8, 4) is 0 Å². The van der Waals surface area contributed by atoms with Crippen LogP contribution in [0.2, 0.25) is 0 Å². The molecule has 0 amide bonds. The molecule has 2 heterocycles. The molecule has 0 radical (unpaired) electrons. The van der Waals surface area contributed by atoms with Crippen molar-refractivity contribution in [1.82, 2.24) is 8.61 Å². The molecule has 4 rings (SSSR count). The fourth-order valence-electron chi connectivity index (χ4n) is 4.25. The van der Waals surface area contributed by atoms with Crippen LogP contribution >= 0.6 is 0 Å². The molecule has 2 aliphatic heterocycles. The zero-order valence-electron chi connectivity index (χ0n) is 15.3. The number of hydrogen-bond acceptors (Lipinski definition) is 4. The van der Waals surface area contributed by atoms with Gasteiger partial charge in [-0.25, -0.2) is 16.8 Å². The SMILES string of the molecule is CC(C)CCN1[C@]2(CCN(S(=O)(=O)C3CC3)C2)c2ccccc2S1(=O)=O. The number of sulfonamides is 2. The second kappa shape index (κ2) is 6.02. The van der Waals surface area contributed by atoms with Crippen LogP contribution in [-0.2, 0) is 25.6 Å². The number of benzene rings is 1. The molecule has 26 heavy (non-hydrogen) atoms. The van der Waals surface area contributed by atoms with Gasteiger partial charge in [0.2, 0.25) is 20.0 Å². The molecule has 1 aromatic carbocycles. The van der Waals surface area contributed by atoms with Crippen molar-refractivity contribution in [1.29, 1.82) is 0 Å². The highest BCUT2D eigenvalue weighted by atomic mass is 32.2. The van der Waals surface area contributed by atoms with Crippen molar-refractivity contribution in [3.05, 3.63) is 29.8 Å². The summed E-state index contributed by atoms with van der Waals surface area (Å²) in [7, 11) is -6.91. The van der Waals surface area contributed by atoms with E-state index >= 15 is 0 Å². The molecule has 6 nitrogen and oxygen atoms in total. The van der Waals surface area contributed by atoms with Crippen molar-refractivity contribution in [2.24, 2.45) is 5.92 Å². The molecule has 1 atom stereocenters. The average molecular weight is 399 g/mol. The molecule has 1 spiro atoms. The Morgan fingerprint density at radius 1 is 1.23 bits per heavy atom. The minimum atomic E-state index is -3.60. The zero-order valence-corrected chi connectivity index (χ0v) is 16.9. The number of hydrogen-bond donors (Lipinski definition) is 0. The van der Waals surface area contributed by atoms with Gasteiger partial charge in [0, 0.05) is 19.6 Å². The molecule has 1 saturated heterocycles. The van der Waals surface area contributed by atoms with Crippen molar-refractivity contribution < 1.29 is 16.8 Å². The first-order valence-electron chi connectivity index (χ1n) is 9.31. The van der Waals surface area contributed by atoms with Gasteiger partial charge in [-0.1, -0.05) is 32.0 Å². The van der Waals surface area contributed by atoms with E-state index in [4.69, 9.17) is 0 Å². The molecule has 0 N–H and O–H groups in total. The second-order valence-corrected chi connectivity index (χ2v) is 12.2. The lowest BCUT2D eigenvalue weighted by molar-refractivity contribution is 0.202. The summed E-state index contributed by atoms with van der Waals surface area (Å²) in [5.74, 6) is 0.374. The normalized spacial score (nSPS) is 28.9. The van der Waals surface area contributed by atoms with E-state index in [-0.39, 0.29) is 11.8 Å². The summed E-state index contributed by atoms with van der Waals surface area (Å²) in [4.78, 5) is 0.342. The lowest BCUT2D eigenvalue weighted by Crippen LogP contribution is -2.47. The van der Waals surface area contributed by atoms with E-state index in [0.717, 1.165) is 24.8 Å². The third kappa shape index (κ3) is 2.65. The smallest absolute Gasteiger partial charge is 0.212 e. The van der Waals surface area contributed by atoms with E-state index < -0.39 is 25.6 Å². The Balaban J connectivity index is 1.77. The van der Waals surface area contributed by atoms with E-state index in [1.54, 1.807) is 16.4 Å². The highest BCUT2D eigenvalue weighted by Crippen LogP contribution is 2.50. The maximum absolute atomic E-state index is 13.2. The molecule has 1 aromatic rings. The maximum Gasteiger partial charge on any atom is 0.244 e. The monoisotopic (exact) mass is 398 g/mol. The molecular weight excluding hydrogens is 372 g/mol. The molecule has 144 valence electrons. The van der Waals surface area contributed by atoms with Gasteiger partial charge in [0.1, 0.15) is 0 Å². The lowest BCUT2D eigenvalue weighted by Gasteiger charge is -2.34. The van der Waals surface area contributed by atoms with Crippen LogP contribution in [0.1, 0.15) is 45.1 Å². The van der Waals surface area contributed by atoms with Gasteiger partial charge < -0.3 is 0 Å². The summed E-state index contributed by atoms with van der Waals surface area (Å²) in [6.45, 7) is 5.19. The first-order valence-corrected chi connectivity index (χ1v) is 12.3. The van der Waals surface area contributed by atoms with Crippen molar-refractivity contribution in [2.45, 2.75) is 55.2 Å². The van der Waals surface area contributed by atoms with Crippen LogP contribution in [0.5, 0.6) is 0 Å². The van der Waals surface area contributed by atoms with Crippen LogP contribution in [0.4, 0.5) is 0 Å². The van der Waals surface area contributed by atoms with E-state index in [1.165, 1.54) is 4.31 Å². The van der Waals surface area contributed by atoms with Gasteiger partial charge in [0.05, 0.1) is 15.7 Å². The molecule has 0 aromatic heterocycles. The maximum atomic E-state index is 13.2. The first-order chi connectivity index (χ1) is 12.2. The van der Waals surface area contributed by atoms with Crippen molar-refractivity contribution in [2.75, 3.05) is 19.6 Å². The standard InChI is InChI=1S/C18H26N2O4S2/c1-14(2)9-11-20-18(16-5-3-4-6-17(16)26(20,23)24)10-12-19(13-18)25(21,22)15-7-8-15/h3-6,14-15H,7-13H2,1-2H3/t18-/m0/s1. The summed E-state index contributed by atoms with van der Waals surface area (Å²) in [6.07, 6.45) is 2.72. The van der Waals surface area contributed by atoms with E-state index in [1.807, 2.05) is 12.1 Å². The van der Waals surface area contributed by atoms with Crippen molar-refractivity contribution >= 4 is 20.0 Å². The van der Waals surface area contributed by atoms with Crippen LogP contribution in [0.15, 0.2) is 29.2 Å². The summed E-state index contributed by atoms with van der Waals surface area (Å²) in [5, 5.41) is -0.269. The Hall–Kier alpha value is -0.960. The summed E-state index contributed by atoms with van der Waals surface area (Å²) < 4.78 is 55.0. The fraction of sp³-hybridized carbons (Fsp3) is 0.667. The highest BCUT2D eigenvalue weighted by molar-refractivity contribution is 7.90. The molecule has 3 aliphatic rings. The number of fused-ring (bicyclic) bond motifs is 2. The third-order valence-electron chi connectivity index (χ3n) is 5.86. The van der Waals surface area contributed by atoms with Gasteiger partial charge >= 0.3 is 0 Å². The largest absolute Gasteiger partial charge is 0.244 e. The van der Waals surface area contributed by atoms with Crippen LogP contribution in [-0.4, -0.2) is 50.3 Å². The van der Waals surface area contributed by atoms with Crippen molar-refractivity contribution in [3.63, 3.8) is 0 Å². The third-order valence-corrected chi connectivity index (χ3v) is 10.2. The number of rotatable bonds is 5. The second-order valence-electron chi connectivity index (χ2n) is 8.12. The van der Waals surface area contributed by atoms with Gasteiger partial charge in [-0.2, -0.15) is 8.61 Å². The van der Waals surface area contributed by atoms with Crippen LogP contribution in [0.3, 0.4) is 0 Å². The van der Waals surface area contributed by atoms with Gasteiger partial charge in [-0.05, 0) is 43.2 Å². The molecule has 0 bridgehead atoms. The van der Waals surface area contributed by atoms with E-state index in [9.17, 15) is 16.8 Å². The highest BCUT2D eigenvalue weighted by Gasteiger charge is 2.58. The van der Waals surface area contributed by atoms with E-state index in [0.29, 0.717) is 30.3 Å². The Labute approximate surface area is 156 Å². The van der Waals surface area contributed by atoms with Gasteiger partial charge in [0.15, 0.2) is 0 Å². The lowest BCUT2D eigenvalue weighted by atomic mass is 9.88. The van der Waals surface area contributed by atoms with Crippen LogP contribution < -0.4 is 0 Å². The topological polar surface area (TPSA) is 74.8 Å². The first kappa shape index (κ1) is 18.4. The zero-order chi connectivity index (χ0) is 18.7. The van der Waals surface area contributed by atoms with Crippen LogP contribution in [0.25, 0.3) is 0 Å². The quantitative estimate of drug-likeness (QED) is 0.761. The van der Waals surface area contributed by atoms with Gasteiger partial charge in [-0.3, -0.25) is 0 Å². The molecule has 1 saturated carbocycles. The molecular formula is C18H26N2O4S2. The summed E-state index contributed by atoms with van der Waals surface area (Å²) in [6, 6.07) is 7.10. The molecule has 8 heteroatoms. The predicted molar refractivity (Wildman–Crippen MR) is 99.6 cm³/mol. The van der Waals surface area contributed by atoms with Gasteiger partial charge in [0.25, 0.3) is 0 Å². The minimum absolute atomic E-state index is 0.236. The molecule has 1 aliphatic carbocycles. The summed E-state index contributed by atoms with van der Waals surface area (Å²) >= 11 is 0. The van der Waals surface area contributed by atoms with E-state index in [2.05, 4.69) is 13.8 Å². The molecule has 0 unspecified atom stereocenters. The Bertz CT molecular complexity index is 922. The average Bonchev–Trinajstić information content (AvgIpc) is 3.32. The number of nitrogens with zero attached hydrogens (tertiary/aromatic N) is 2. The molecule has 2 fully saturated rings.